The number of amides is 1. The van der Waals surface area contributed by atoms with Crippen LogP contribution in [0.2, 0.25) is 0 Å². The van der Waals surface area contributed by atoms with Gasteiger partial charge in [0.05, 0.1) is 13.2 Å². The van der Waals surface area contributed by atoms with Crippen LogP contribution in [0.15, 0.2) is 23.2 Å². The molecule has 1 amide bonds. The van der Waals surface area contributed by atoms with E-state index in [2.05, 4.69) is 49.6 Å². The van der Waals surface area contributed by atoms with Gasteiger partial charge in [-0.15, -0.1) is 0 Å². The molecule has 1 aliphatic heterocycles. The Morgan fingerprint density at radius 2 is 2.00 bits per heavy atom. The van der Waals surface area contributed by atoms with Gasteiger partial charge in [0.1, 0.15) is 0 Å². The van der Waals surface area contributed by atoms with E-state index >= 15 is 0 Å². The second-order valence-corrected chi connectivity index (χ2v) is 6.73. The molecule has 1 aliphatic rings. The van der Waals surface area contributed by atoms with Crippen LogP contribution in [0, 0.1) is 13.8 Å². The minimum atomic E-state index is -0.207. The van der Waals surface area contributed by atoms with E-state index in [9.17, 15) is 4.79 Å². The topological polar surface area (TPSA) is 66.0 Å². The lowest BCUT2D eigenvalue weighted by Gasteiger charge is -2.32. The van der Waals surface area contributed by atoms with Crippen molar-refractivity contribution in [2.45, 2.75) is 53.1 Å². The molecule has 0 radical (unpaired) electrons. The van der Waals surface area contributed by atoms with Gasteiger partial charge < -0.3 is 20.3 Å². The van der Waals surface area contributed by atoms with Gasteiger partial charge in [0.15, 0.2) is 5.96 Å². The van der Waals surface area contributed by atoms with Crippen molar-refractivity contribution in [3.63, 3.8) is 0 Å². The van der Waals surface area contributed by atoms with Crippen molar-refractivity contribution in [1.82, 2.24) is 15.5 Å². The molecular weight excluding hydrogens is 328 g/mol. The minimum Gasteiger partial charge on any atom is -0.450 e. The quantitative estimate of drug-likeness (QED) is 0.626. The van der Waals surface area contributed by atoms with Crippen molar-refractivity contribution in [3.8, 4) is 0 Å². The Morgan fingerprint density at radius 1 is 1.27 bits per heavy atom. The third-order valence-corrected chi connectivity index (χ3v) is 4.61. The molecule has 144 valence electrons. The summed E-state index contributed by atoms with van der Waals surface area (Å²) in [5.74, 6) is 0.835. The molecule has 2 rings (SSSR count). The number of nitrogens with zero attached hydrogens (tertiary/aromatic N) is 2. The molecule has 1 fully saturated rings. The molecule has 0 bridgehead atoms. The van der Waals surface area contributed by atoms with Crippen LogP contribution in [0.4, 0.5) is 4.79 Å². The Hall–Kier alpha value is -2.24. The number of benzene rings is 1. The van der Waals surface area contributed by atoms with Crippen molar-refractivity contribution in [2.75, 3.05) is 26.2 Å². The monoisotopic (exact) mass is 360 g/mol. The summed E-state index contributed by atoms with van der Waals surface area (Å²) >= 11 is 0. The third kappa shape index (κ3) is 5.93. The molecule has 0 atom stereocenters. The number of carbonyl (C=O) groups excluding carboxylic acids is 1. The summed E-state index contributed by atoms with van der Waals surface area (Å²) in [5, 5.41) is 6.83. The Morgan fingerprint density at radius 3 is 2.62 bits per heavy atom. The zero-order valence-corrected chi connectivity index (χ0v) is 16.5. The maximum absolute atomic E-state index is 11.8. The van der Waals surface area contributed by atoms with Gasteiger partial charge in [-0.25, -0.2) is 9.79 Å². The largest absolute Gasteiger partial charge is 0.450 e. The molecule has 6 nitrogen and oxygen atoms in total. The fourth-order valence-electron chi connectivity index (χ4n) is 3.12. The fourth-order valence-corrected chi connectivity index (χ4v) is 3.12. The molecule has 26 heavy (non-hydrogen) atoms. The summed E-state index contributed by atoms with van der Waals surface area (Å²) in [6.45, 7) is 11.5. The van der Waals surface area contributed by atoms with Gasteiger partial charge in [-0.3, -0.25) is 0 Å². The maximum Gasteiger partial charge on any atom is 0.409 e. The summed E-state index contributed by atoms with van der Waals surface area (Å²) in [5.41, 5.74) is 3.78. The first-order valence-corrected chi connectivity index (χ1v) is 9.56. The first-order chi connectivity index (χ1) is 12.5. The van der Waals surface area contributed by atoms with Crippen molar-refractivity contribution >= 4 is 12.1 Å². The predicted octanol–water partition coefficient (Wildman–Crippen LogP) is 2.98. The summed E-state index contributed by atoms with van der Waals surface area (Å²) < 4.78 is 5.07. The molecule has 1 aromatic rings. The molecule has 6 heteroatoms. The number of ether oxygens (including phenoxy) is 1. The zero-order chi connectivity index (χ0) is 18.9. The number of piperidine rings is 1. The molecule has 1 aromatic carbocycles. The van der Waals surface area contributed by atoms with E-state index in [1.807, 2.05) is 6.92 Å². The Bertz CT molecular complexity index is 622. The summed E-state index contributed by atoms with van der Waals surface area (Å²) in [4.78, 5) is 18.3. The number of hydrogen-bond donors (Lipinski definition) is 2. The number of nitrogens with one attached hydrogen (secondary N) is 2. The second-order valence-electron chi connectivity index (χ2n) is 6.73. The number of rotatable bonds is 5. The van der Waals surface area contributed by atoms with E-state index in [-0.39, 0.29) is 6.09 Å². The highest BCUT2D eigenvalue weighted by Gasteiger charge is 2.24. The number of likely N-dealkylation sites (tertiary alicyclic amines) is 1. The zero-order valence-electron chi connectivity index (χ0n) is 16.5. The van der Waals surface area contributed by atoms with Gasteiger partial charge in [-0.05, 0) is 51.7 Å². The van der Waals surface area contributed by atoms with E-state index in [0.29, 0.717) is 32.3 Å². The van der Waals surface area contributed by atoms with Crippen LogP contribution in [0.25, 0.3) is 0 Å². The molecule has 0 aromatic heterocycles. The van der Waals surface area contributed by atoms with Crippen molar-refractivity contribution in [2.24, 2.45) is 4.99 Å². The summed E-state index contributed by atoms with van der Waals surface area (Å²) in [7, 11) is 0. The molecule has 1 saturated heterocycles. The van der Waals surface area contributed by atoms with Gasteiger partial charge in [0.25, 0.3) is 0 Å². The number of hydrogen-bond acceptors (Lipinski definition) is 3. The lowest BCUT2D eigenvalue weighted by atomic mass is 10.1. The van der Waals surface area contributed by atoms with Crippen LogP contribution in [0.1, 0.15) is 43.4 Å². The van der Waals surface area contributed by atoms with Gasteiger partial charge in [-0.1, -0.05) is 23.8 Å². The average molecular weight is 361 g/mol. The van der Waals surface area contributed by atoms with E-state index in [4.69, 9.17) is 9.73 Å². The Labute approximate surface area is 157 Å². The standard InChI is InChI=1S/C20H32N4O2/c1-5-21-19(22-14-17-8-7-15(3)13-16(17)4)23-18-9-11-24(12-10-18)20(25)26-6-2/h7-8,13,18H,5-6,9-12,14H2,1-4H3,(H2,21,22,23). The number of aryl methyl sites for hydroxylation is 2. The second kappa shape index (κ2) is 10.0. The van der Waals surface area contributed by atoms with Crippen molar-refractivity contribution in [1.29, 1.82) is 0 Å². The van der Waals surface area contributed by atoms with Crippen LogP contribution in [-0.2, 0) is 11.3 Å². The van der Waals surface area contributed by atoms with Gasteiger partial charge in [0, 0.05) is 25.7 Å². The fraction of sp³-hybridized carbons (Fsp3) is 0.600. The van der Waals surface area contributed by atoms with Crippen LogP contribution in [0.3, 0.4) is 0 Å². The average Bonchev–Trinajstić information content (AvgIpc) is 2.62. The molecule has 0 spiro atoms. The lowest BCUT2D eigenvalue weighted by Crippen LogP contribution is -2.49. The van der Waals surface area contributed by atoms with E-state index < -0.39 is 0 Å². The molecule has 0 unspecified atom stereocenters. The minimum absolute atomic E-state index is 0.207. The SMILES string of the molecule is CCNC(=NCc1ccc(C)cc1C)NC1CCN(C(=O)OCC)CC1. The van der Waals surface area contributed by atoms with Gasteiger partial charge in [0.2, 0.25) is 0 Å². The van der Waals surface area contributed by atoms with E-state index in [1.165, 1.54) is 16.7 Å². The summed E-state index contributed by atoms with van der Waals surface area (Å²) in [6, 6.07) is 6.78. The maximum atomic E-state index is 11.8. The normalized spacial score (nSPS) is 15.7. The van der Waals surface area contributed by atoms with E-state index in [0.717, 1.165) is 25.3 Å². The number of carbonyl (C=O) groups is 1. The first kappa shape index (κ1) is 20.1. The van der Waals surface area contributed by atoms with Crippen LogP contribution in [0.5, 0.6) is 0 Å². The van der Waals surface area contributed by atoms with Gasteiger partial charge >= 0.3 is 6.09 Å². The van der Waals surface area contributed by atoms with E-state index in [1.54, 1.807) is 4.90 Å². The molecular formula is C20H32N4O2. The number of guanidine groups is 1. The lowest BCUT2D eigenvalue weighted by molar-refractivity contribution is 0.0963. The van der Waals surface area contributed by atoms with Crippen LogP contribution in [-0.4, -0.2) is 49.2 Å². The predicted molar refractivity (Wildman–Crippen MR) is 105 cm³/mol. The molecule has 1 heterocycles. The highest BCUT2D eigenvalue weighted by atomic mass is 16.6. The smallest absolute Gasteiger partial charge is 0.409 e. The molecule has 0 saturated carbocycles. The Kier molecular flexibility index (Phi) is 7.75. The first-order valence-electron chi connectivity index (χ1n) is 9.56. The Balaban J connectivity index is 1.90. The number of aliphatic imine (C=N–C) groups is 1. The molecule has 0 aliphatic carbocycles. The summed E-state index contributed by atoms with van der Waals surface area (Å²) in [6.07, 6.45) is 1.58. The molecule has 2 N–H and O–H groups in total. The van der Waals surface area contributed by atoms with Crippen molar-refractivity contribution < 1.29 is 9.53 Å². The van der Waals surface area contributed by atoms with Crippen LogP contribution < -0.4 is 10.6 Å². The van der Waals surface area contributed by atoms with Crippen molar-refractivity contribution in [3.05, 3.63) is 34.9 Å². The van der Waals surface area contributed by atoms with Gasteiger partial charge in [-0.2, -0.15) is 0 Å². The van der Waals surface area contributed by atoms with Crippen LogP contribution >= 0.6 is 0 Å². The third-order valence-electron chi connectivity index (χ3n) is 4.61. The highest BCUT2D eigenvalue weighted by Crippen LogP contribution is 2.13. The highest BCUT2D eigenvalue weighted by molar-refractivity contribution is 5.80.